The lowest BCUT2D eigenvalue weighted by molar-refractivity contribution is -0.0236. The summed E-state index contributed by atoms with van der Waals surface area (Å²) in [6, 6.07) is 0.468. The molecule has 3 N–H and O–H groups in total. The molecule has 0 aromatic heterocycles. The first-order chi connectivity index (χ1) is 10.5. The highest BCUT2D eigenvalue weighted by molar-refractivity contribution is 14.0. The summed E-state index contributed by atoms with van der Waals surface area (Å²) in [7, 11) is 0. The minimum atomic E-state index is -0.548. The number of nitrogens with one attached hydrogen (secondary N) is 2. The van der Waals surface area contributed by atoms with E-state index in [0.29, 0.717) is 12.6 Å². The average Bonchev–Trinajstić information content (AvgIpc) is 2.44. The number of halogens is 1. The topological polar surface area (TPSA) is 59.9 Å². The van der Waals surface area contributed by atoms with Gasteiger partial charge in [0.2, 0.25) is 0 Å². The maximum absolute atomic E-state index is 10.2. The van der Waals surface area contributed by atoms with Crippen LogP contribution in [0.15, 0.2) is 17.1 Å². The quantitative estimate of drug-likeness (QED) is 0.259. The van der Waals surface area contributed by atoms with E-state index in [1.165, 1.54) is 5.57 Å². The first-order valence-corrected chi connectivity index (χ1v) is 8.65. The van der Waals surface area contributed by atoms with E-state index in [2.05, 4.69) is 41.0 Å². The van der Waals surface area contributed by atoms with Crippen LogP contribution in [0.1, 0.15) is 46.0 Å². The molecule has 2 fully saturated rings. The Morgan fingerprint density at radius 3 is 2.48 bits per heavy atom. The summed E-state index contributed by atoms with van der Waals surface area (Å²) < 4.78 is 0. The van der Waals surface area contributed by atoms with Crippen molar-refractivity contribution in [3.63, 3.8) is 0 Å². The third-order valence-corrected chi connectivity index (χ3v) is 4.58. The zero-order valence-electron chi connectivity index (χ0n) is 14.6. The Morgan fingerprint density at radius 2 is 2.00 bits per heavy atom. The van der Waals surface area contributed by atoms with Crippen LogP contribution in [-0.2, 0) is 0 Å². The van der Waals surface area contributed by atoms with Crippen LogP contribution in [0.5, 0.6) is 0 Å². The molecule has 1 heterocycles. The molecule has 0 spiro atoms. The fraction of sp³-hybridized carbons (Fsp3) is 0.824. The van der Waals surface area contributed by atoms with Crippen LogP contribution >= 0.6 is 24.0 Å². The van der Waals surface area contributed by atoms with Gasteiger partial charge in [-0.25, -0.2) is 0 Å². The fourth-order valence-corrected chi connectivity index (χ4v) is 3.10. The summed E-state index contributed by atoms with van der Waals surface area (Å²) in [6.07, 6.45) is 5.14. The van der Waals surface area contributed by atoms with E-state index < -0.39 is 5.60 Å². The van der Waals surface area contributed by atoms with Crippen LogP contribution in [0.25, 0.3) is 0 Å². The van der Waals surface area contributed by atoms with Crippen molar-refractivity contribution >= 4 is 29.9 Å². The van der Waals surface area contributed by atoms with Crippen molar-refractivity contribution in [2.45, 2.75) is 57.6 Å². The molecule has 2 aliphatic rings. The Kier molecular flexibility index (Phi) is 8.85. The maximum Gasteiger partial charge on any atom is 0.191 e. The van der Waals surface area contributed by atoms with E-state index in [9.17, 15) is 5.11 Å². The first-order valence-electron chi connectivity index (χ1n) is 8.65. The van der Waals surface area contributed by atoms with E-state index in [4.69, 9.17) is 0 Å². The van der Waals surface area contributed by atoms with Crippen molar-refractivity contribution in [2.24, 2.45) is 4.99 Å². The SMILES string of the molecule is C=C(C)CN1CCC(NC(=NCC2(O)CCC2)NCC)CC1.I. The molecule has 0 atom stereocenters. The van der Waals surface area contributed by atoms with Crippen molar-refractivity contribution in [3.8, 4) is 0 Å². The molecule has 5 nitrogen and oxygen atoms in total. The summed E-state index contributed by atoms with van der Waals surface area (Å²) in [5.74, 6) is 0.848. The lowest BCUT2D eigenvalue weighted by atomic mass is 9.80. The monoisotopic (exact) mass is 436 g/mol. The number of hydrogen-bond acceptors (Lipinski definition) is 3. The summed E-state index contributed by atoms with van der Waals surface area (Å²) in [5.41, 5.74) is 0.683. The minimum Gasteiger partial charge on any atom is -0.388 e. The zero-order valence-corrected chi connectivity index (χ0v) is 16.9. The highest BCUT2D eigenvalue weighted by Crippen LogP contribution is 2.31. The number of rotatable bonds is 6. The van der Waals surface area contributed by atoms with Crippen LogP contribution in [0.2, 0.25) is 0 Å². The van der Waals surface area contributed by atoms with Gasteiger partial charge in [-0.2, -0.15) is 0 Å². The second-order valence-corrected chi connectivity index (χ2v) is 6.92. The fourth-order valence-electron chi connectivity index (χ4n) is 3.10. The van der Waals surface area contributed by atoms with Crippen LogP contribution in [0, 0.1) is 0 Å². The van der Waals surface area contributed by atoms with Gasteiger partial charge in [0.1, 0.15) is 0 Å². The number of aliphatic imine (C=N–C) groups is 1. The average molecular weight is 436 g/mol. The molecule has 0 bridgehead atoms. The molecule has 6 heteroatoms. The molecule has 0 amide bonds. The van der Waals surface area contributed by atoms with Gasteiger partial charge in [0.25, 0.3) is 0 Å². The van der Waals surface area contributed by atoms with E-state index in [-0.39, 0.29) is 24.0 Å². The second kappa shape index (κ2) is 9.84. The third-order valence-electron chi connectivity index (χ3n) is 4.58. The van der Waals surface area contributed by atoms with Crippen molar-refractivity contribution < 1.29 is 5.11 Å². The molecule has 2 rings (SSSR count). The number of nitrogens with zero attached hydrogens (tertiary/aromatic N) is 2. The predicted molar refractivity (Wildman–Crippen MR) is 108 cm³/mol. The number of aliphatic hydroxyl groups is 1. The Balaban J connectivity index is 0.00000264. The molecular weight excluding hydrogens is 403 g/mol. The number of likely N-dealkylation sites (tertiary alicyclic amines) is 1. The van der Waals surface area contributed by atoms with Crippen molar-refractivity contribution in [1.82, 2.24) is 15.5 Å². The standard InChI is InChI=1S/C17H32N4O.HI/c1-4-18-16(19-13-17(22)8-5-9-17)20-15-6-10-21(11-7-15)12-14(2)3;/h15,22H,2,4-13H2,1,3H3,(H2,18,19,20);1H. The molecule has 23 heavy (non-hydrogen) atoms. The van der Waals surface area contributed by atoms with Crippen LogP contribution in [0.4, 0.5) is 0 Å². The largest absolute Gasteiger partial charge is 0.388 e. The van der Waals surface area contributed by atoms with Gasteiger partial charge in [0, 0.05) is 32.2 Å². The predicted octanol–water partition coefficient (Wildman–Crippen LogP) is 2.11. The van der Waals surface area contributed by atoms with Gasteiger partial charge >= 0.3 is 0 Å². The summed E-state index contributed by atoms with van der Waals surface area (Å²) in [6.45, 7) is 12.7. The Bertz CT molecular complexity index is 401. The number of guanidine groups is 1. The van der Waals surface area contributed by atoms with Gasteiger partial charge in [0.05, 0.1) is 12.1 Å². The zero-order chi connectivity index (χ0) is 16.0. The highest BCUT2D eigenvalue weighted by atomic mass is 127. The molecule has 0 radical (unpaired) electrons. The lowest BCUT2D eigenvalue weighted by Gasteiger charge is -2.36. The van der Waals surface area contributed by atoms with E-state index in [1.807, 2.05) is 0 Å². The summed E-state index contributed by atoms with van der Waals surface area (Å²) in [4.78, 5) is 7.05. The minimum absolute atomic E-state index is 0. The van der Waals surface area contributed by atoms with Crippen molar-refractivity contribution in [1.29, 1.82) is 0 Å². The maximum atomic E-state index is 10.2. The Morgan fingerprint density at radius 1 is 1.35 bits per heavy atom. The molecule has 0 aromatic rings. The molecular formula is C17H33IN4O. The molecule has 1 saturated heterocycles. The normalized spacial score (nSPS) is 22.0. The van der Waals surface area contributed by atoms with Crippen LogP contribution in [0.3, 0.4) is 0 Å². The summed E-state index contributed by atoms with van der Waals surface area (Å²) >= 11 is 0. The van der Waals surface area contributed by atoms with E-state index in [1.54, 1.807) is 0 Å². The smallest absolute Gasteiger partial charge is 0.191 e. The Hall–Kier alpha value is -0.340. The van der Waals surface area contributed by atoms with Gasteiger partial charge in [-0.05, 0) is 46.0 Å². The van der Waals surface area contributed by atoms with Gasteiger partial charge in [0.15, 0.2) is 5.96 Å². The number of hydrogen-bond donors (Lipinski definition) is 3. The van der Waals surface area contributed by atoms with Crippen molar-refractivity contribution in [2.75, 3.05) is 32.7 Å². The van der Waals surface area contributed by atoms with Gasteiger partial charge in [-0.15, -0.1) is 24.0 Å². The van der Waals surface area contributed by atoms with Gasteiger partial charge in [-0.1, -0.05) is 12.2 Å². The van der Waals surface area contributed by atoms with Crippen LogP contribution in [-0.4, -0.2) is 60.3 Å². The second-order valence-electron chi connectivity index (χ2n) is 6.92. The molecule has 0 aromatic carbocycles. The van der Waals surface area contributed by atoms with Crippen LogP contribution < -0.4 is 10.6 Å². The molecule has 1 aliphatic heterocycles. The Labute approximate surface area is 158 Å². The molecule has 1 saturated carbocycles. The van der Waals surface area contributed by atoms with Gasteiger partial charge in [-0.3, -0.25) is 9.89 Å². The van der Waals surface area contributed by atoms with Gasteiger partial charge < -0.3 is 15.7 Å². The first kappa shape index (κ1) is 20.7. The highest BCUT2D eigenvalue weighted by Gasteiger charge is 2.34. The lowest BCUT2D eigenvalue weighted by Crippen LogP contribution is -2.49. The number of piperidine rings is 1. The third kappa shape index (κ3) is 6.97. The molecule has 0 unspecified atom stereocenters. The van der Waals surface area contributed by atoms with Crippen molar-refractivity contribution in [3.05, 3.63) is 12.2 Å². The molecule has 134 valence electrons. The molecule has 1 aliphatic carbocycles. The summed E-state index contributed by atoms with van der Waals surface area (Å²) in [5, 5.41) is 17.0. The van der Waals surface area contributed by atoms with E-state index in [0.717, 1.165) is 64.2 Å². The van der Waals surface area contributed by atoms with E-state index >= 15 is 0 Å².